The van der Waals surface area contributed by atoms with Crippen LogP contribution < -0.4 is 5.73 Å². The Bertz CT molecular complexity index is 480. The fourth-order valence-electron chi connectivity index (χ4n) is 3.12. The fraction of sp³-hybridized carbons (Fsp3) is 0.571. The highest BCUT2D eigenvalue weighted by Gasteiger charge is 2.66. The van der Waals surface area contributed by atoms with E-state index in [1.165, 1.54) is 6.07 Å². The topological polar surface area (TPSA) is 26.0 Å². The summed E-state index contributed by atoms with van der Waals surface area (Å²) in [7, 11) is 0. The molecular formula is C14H18F3N. The molecule has 1 aliphatic carbocycles. The van der Waals surface area contributed by atoms with Crippen molar-refractivity contribution in [3.8, 4) is 0 Å². The summed E-state index contributed by atoms with van der Waals surface area (Å²) < 4.78 is 39.8. The van der Waals surface area contributed by atoms with E-state index in [0.29, 0.717) is 0 Å². The molecule has 100 valence electrons. The van der Waals surface area contributed by atoms with Gasteiger partial charge in [-0.1, -0.05) is 33.8 Å². The summed E-state index contributed by atoms with van der Waals surface area (Å²) in [5.41, 5.74) is 6.02. The van der Waals surface area contributed by atoms with Crippen molar-refractivity contribution in [3.05, 3.63) is 35.1 Å². The first-order valence-electron chi connectivity index (χ1n) is 6.01. The number of rotatable bonds is 2. The maximum Gasteiger partial charge on any atom is 0.194 e. The van der Waals surface area contributed by atoms with Crippen molar-refractivity contribution in [1.29, 1.82) is 0 Å². The maximum atomic E-state index is 13.7. The summed E-state index contributed by atoms with van der Waals surface area (Å²) in [6, 6.07) is 1.55. The van der Waals surface area contributed by atoms with Crippen molar-refractivity contribution < 1.29 is 13.2 Å². The van der Waals surface area contributed by atoms with Gasteiger partial charge in [0.1, 0.15) is 0 Å². The molecule has 1 saturated carbocycles. The highest BCUT2D eigenvalue weighted by molar-refractivity contribution is 5.29. The van der Waals surface area contributed by atoms with E-state index in [2.05, 4.69) is 27.7 Å². The van der Waals surface area contributed by atoms with Crippen molar-refractivity contribution in [1.82, 2.24) is 0 Å². The maximum absolute atomic E-state index is 13.7. The lowest BCUT2D eigenvalue weighted by atomic mass is 9.97. The van der Waals surface area contributed by atoms with E-state index in [0.717, 1.165) is 6.07 Å². The first kappa shape index (κ1) is 13.4. The van der Waals surface area contributed by atoms with Crippen LogP contribution in [0.3, 0.4) is 0 Å². The van der Waals surface area contributed by atoms with Gasteiger partial charge in [-0.05, 0) is 22.8 Å². The third-order valence-corrected chi connectivity index (χ3v) is 4.92. The molecule has 1 aliphatic rings. The Balaban J connectivity index is 2.38. The molecule has 1 aromatic carbocycles. The Morgan fingerprint density at radius 2 is 1.50 bits per heavy atom. The molecule has 0 amide bonds. The molecule has 1 aromatic rings. The van der Waals surface area contributed by atoms with E-state index in [4.69, 9.17) is 5.73 Å². The summed E-state index contributed by atoms with van der Waals surface area (Å²) in [4.78, 5) is 0. The van der Waals surface area contributed by atoms with Crippen LogP contribution in [0.25, 0.3) is 0 Å². The van der Waals surface area contributed by atoms with Gasteiger partial charge in [0.2, 0.25) is 0 Å². The minimum Gasteiger partial charge on any atom is -0.324 e. The molecular weight excluding hydrogens is 239 g/mol. The summed E-state index contributed by atoms with van der Waals surface area (Å²) in [6.45, 7) is 8.20. The molecule has 1 atom stereocenters. The highest BCUT2D eigenvalue weighted by atomic mass is 19.2. The molecule has 2 rings (SSSR count). The van der Waals surface area contributed by atoms with Gasteiger partial charge >= 0.3 is 0 Å². The predicted molar refractivity (Wildman–Crippen MR) is 64.3 cm³/mol. The summed E-state index contributed by atoms with van der Waals surface area (Å²) in [5, 5.41) is 0. The normalized spacial score (nSPS) is 22.9. The van der Waals surface area contributed by atoms with E-state index in [-0.39, 0.29) is 22.3 Å². The lowest BCUT2D eigenvalue weighted by Gasteiger charge is -2.15. The molecule has 1 unspecified atom stereocenters. The monoisotopic (exact) mass is 257 g/mol. The molecule has 18 heavy (non-hydrogen) atoms. The number of halogens is 3. The molecule has 1 nitrogen and oxygen atoms in total. The van der Waals surface area contributed by atoms with Gasteiger partial charge < -0.3 is 5.73 Å². The summed E-state index contributed by atoms with van der Waals surface area (Å²) >= 11 is 0. The Kier molecular flexibility index (Phi) is 2.78. The molecule has 1 fully saturated rings. The Morgan fingerprint density at radius 1 is 1.00 bits per heavy atom. The Labute approximate surface area is 105 Å². The van der Waals surface area contributed by atoms with Gasteiger partial charge in [-0.2, -0.15) is 0 Å². The van der Waals surface area contributed by atoms with Crippen LogP contribution in [0.15, 0.2) is 12.1 Å². The van der Waals surface area contributed by atoms with E-state index in [9.17, 15) is 13.2 Å². The SMILES string of the molecule is CC1(C)C(C(N)c2ccc(F)c(F)c2F)C1(C)C. The van der Waals surface area contributed by atoms with Crippen molar-refractivity contribution >= 4 is 0 Å². The number of hydrogen-bond acceptors (Lipinski definition) is 1. The first-order chi connectivity index (χ1) is 8.12. The number of nitrogens with two attached hydrogens (primary N) is 1. The number of hydrogen-bond donors (Lipinski definition) is 1. The smallest absolute Gasteiger partial charge is 0.194 e. The Hall–Kier alpha value is -1.03. The molecule has 0 heterocycles. The molecule has 0 radical (unpaired) electrons. The van der Waals surface area contributed by atoms with Gasteiger partial charge in [-0.25, -0.2) is 13.2 Å². The van der Waals surface area contributed by atoms with Crippen molar-refractivity contribution in [2.24, 2.45) is 22.5 Å². The van der Waals surface area contributed by atoms with Crippen LogP contribution in [-0.4, -0.2) is 0 Å². The van der Waals surface area contributed by atoms with Gasteiger partial charge in [0.05, 0.1) is 0 Å². The van der Waals surface area contributed by atoms with E-state index >= 15 is 0 Å². The molecule has 0 saturated heterocycles. The van der Waals surface area contributed by atoms with Crippen LogP contribution in [0.4, 0.5) is 13.2 Å². The minimum atomic E-state index is -1.45. The van der Waals surface area contributed by atoms with Crippen LogP contribution in [0.5, 0.6) is 0 Å². The second kappa shape index (κ2) is 3.73. The predicted octanol–water partition coefficient (Wildman–Crippen LogP) is 3.79. The average Bonchev–Trinajstić information content (AvgIpc) is 2.65. The molecule has 0 bridgehead atoms. The lowest BCUT2D eigenvalue weighted by Crippen LogP contribution is -2.19. The average molecular weight is 257 g/mol. The van der Waals surface area contributed by atoms with Gasteiger partial charge in [-0.3, -0.25) is 0 Å². The van der Waals surface area contributed by atoms with Gasteiger partial charge in [-0.15, -0.1) is 0 Å². The number of benzene rings is 1. The summed E-state index contributed by atoms with van der Waals surface area (Å²) in [6.07, 6.45) is 0. The molecule has 0 aliphatic heterocycles. The second-order valence-corrected chi connectivity index (χ2v) is 6.21. The quantitative estimate of drug-likeness (QED) is 0.801. The van der Waals surface area contributed by atoms with Crippen molar-refractivity contribution in [2.45, 2.75) is 33.7 Å². The molecule has 0 spiro atoms. The van der Waals surface area contributed by atoms with Crippen molar-refractivity contribution in [3.63, 3.8) is 0 Å². The van der Waals surface area contributed by atoms with Crippen LogP contribution in [0.1, 0.15) is 39.3 Å². The fourth-order valence-corrected chi connectivity index (χ4v) is 3.12. The molecule has 4 heteroatoms. The molecule has 2 N–H and O–H groups in total. The highest BCUT2D eigenvalue weighted by Crippen LogP contribution is 2.71. The first-order valence-corrected chi connectivity index (χ1v) is 6.01. The van der Waals surface area contributed by atoms with E-state index in [1.807, 2.05) is 0 Å². The van der Waals surface area contributed by atoms with Gasteiger partial charge in [0, 0.05) is 11.6 Å². The third kappa shape index (κ3) is 1.58. The Morgan fingerprint density at radius 3 is 1.94 bits per heavy atom. The van der Waals surface area contributed by atoms with Crippen LogP contribution in [0.2, 0.25) is 0 Å². The molecule has 0 aromatic heterocycles. The van der Waals surface area contributed by atoms with E-state index < -0.39 is 23.5 Å². The van der Waals surface area contributed by atoms with Crippen LogP contribution in [-0.2, 0) is 0 Å². The van der Waals surface area contributed by atoms with E-state index in [1.54, 1.807) is 0 Å². The largest absolute Gasteiger partial charge is 0.324 e. The van der Waals surface area contributed by atoms with Gasteiger partial charge in [0.25, 0.3) is 0 Å². The summed E-state index contributed by atoms with van der Waals surface area (Å²) in [5.74, 6) is -3.75. The zero-order chi connectivity index (χ0) is 13.9. The zero-order valence-electron chi connectivity index (χ0n) is 11.0. The third-order valence-electron chi connectivity index (χ3n) is 4.92. The lowest BCUT2D eigenvalue weighted by molar-refractivity contribution is 0.419. The minimum absolute atomic E-state index is 0.0380. The van der Waals surface area contributed by atoms with Crippen LogP contribution in [0, 0.1) is 34.2 Å². The standard InChI is InChI=1S/C14H18F3N/c1-13(2)12(14(13,3)4)11(18)7-5-6-8(15)10(17)9(7)16/h5-6,11-12H,18H2,1-4H3. The van der Waals surface area contributed by atoms with Gasteiger partial charge in [0.15, 0.2) is 17.5 Å². The van der Waals surface area contributed by atoms with Crippen LogP contribution >= 0.6 is 0 Å². The van der Waals surface area contributed by atoms with Crippen molar-refractivity contribution in [2.75, 3.05) is 0 Å². The zero-order valence-corrected chi connectivity index (χ0v) is 11.0. The second-order valence-electron chi connectivity index (χ2n) is 6.21.